The van der Waals surface area contributed by atoms with E-state index in [1.54, 1.807) is 18.6 Å². The minimum Gasteiger partial charge on any atom is -0.487 e. The van der Waals surface area contributed by atoms with Gasteiger partial charge < -0.3 is 9.47 Å². The number of nitrogens with zero attached hydrogens (tertiary/aromatic N) is 2. The van der Waals surface area contributed by atoms with Crippen LogP contribution < -0.4 is 4.74 Å². The Balaban J connectivity index is 1.56. The minimum absolute atomic E-state index is 0.274. The fourth-order valence-corrected chi connectivity index (χ4v) is 2.84. The summed E-state index contributed by atoms with van der Waals surface area (Å²) in [4.78, 5) is 20.5. The standard InChI is InChI=1S/C21H16N2O3/c24-21-20(19(14-26-21)15-8-11-22-12-9-15)16-4-6-18(7-5-16)25-13-17-3-1-2-10-23-17/h1-12H,13-14H2. The molecule has 5 heteroatoms. The van der Waals surface area contributed by atoms with E-state index in [1.165, 1.54) is 0 Å². The van der Waals surface area contributed by atoms with Crippen LogP contribution in [0.1, 0.15) is 16.8 Å². The molecule has 128 valence electrons. The predicted octanol–water partition coefficient (Wildman–Crippen LogP) is 3.52. The van der Waals surface area contributed by atoms with Crippen molar-refractivity contribution in [1.82, 2.24) is 9.97 Å². The Morgan fingerprint density at radius 2 is 1.73 bits per heavy atom. The predicted molar refractivity (Wildman–Crippen MR) is 97.0 cm³/mol. The van der Waals surface area contributed by atoms with Gasteiger partial charge in [-0.3, -0.25) is 9.97 Å². The number of hydrogen-bond acceptors (Lipinski definition) is 5. The van der Waals surface area contributed by atoms with E-state index >= 15 is 0 Å². The molecule has 3 aromatic rings. The fraction of sp³-hybridized carbons (Fsp3) is 0.0952. The van der Waals surface area contributed by atoms with E-state index in [4.69, 9.17) is 9.47 Å². The summed E-state index contributed by atoms with van der Waals surface area (Å²) in [7, 11) is 0. The second-order valence-corrected chi connectivity index (χ2v) is 5.80. The first-order valence-electron chi connectivity index (χ1n) is 8.25. The quantitative estimate of drug-likeness (QED) is 0.663. The average Bonchev–Trinajstić information content (AvgIpc) is 3.10. The van der Waals surface area contributed by atoms with E-state index in [-0.39, 0.29) is 12.6 Å². The lowest BCUT2D eigenvalue weighted by Gasteiger charge is -2.08. The lowest BCUT2D eigenvalue weighted by molar-refractivity contribution is -0.133. The molecule has 1 aliphatic heterocycles. The van der Waals surface area contributed by atoms with Crippen molar-refractivity contribution in [1.29, 1.82) is 0 Å². The van der Waals surface area contributed by atoms with Crippen molar-refractivity contribution < 1.29 is 14.3 Å². The van der Waals surface area contributed by atoms with Gasteiger partial charge in [0.15, 0.2) is 0 Å². The highest BCUT2D eigenvalue weighted by molar-refractivity contribution is 6.27. The molecule has 3 heterocycles. The van der Waals surface area contributed by atoms with E-state index in [0.29, 0.717) is 12.2 Å². The Hall–Kier alpha value is -3.47. The van der Waals surface area contributed by atoms with Gasteiger partial charge in [0.05, 0.1) is 11.3 Å². The Morgan fingerprint density at radius 3 is 2.46 bits per heavy atom. The van der Waals surface area contributed by atoms with Gasteiger partial charge in [0, 0.05) is 24.2 Å². The third-order valence-electron chi connectivity index (χ3n) is 4.14. The number of carbonyl (C=O) groups excluding carboxylic acids is 1. The summed E-state index contributed by atoms with van der Waals surface area (Å²) in [5.41, 5.74) is 4.08. The summed E-state index contributed by atoms with van der Waals surface area (Å²) < 4.78 is 11.0. The minimum atomic E-state index is -0.307. The molecular formula is C21H16N2O3. The maximum absolute atomic E-state index is 12.2. The zero-order valence-electron chi connectivity index (χ0n) is 14.0. The zero-order chi connectivity index (χ0) is 17.8. The van der Waals surface area contributed by atoms with Gasteiger partial charge in [-0.05, 0) is 47.5 Å². The van der Waals surface area contributed by atoms with Crippen molar-refractivity contribution in [2.75, 3.05) is 6.61 Å². The number of cyclic esters (lactones) is 1. The molecule has 26 heavy (non-hydrogen) atoms. The maximum Gasteiger partial charge on any atom is 0.339 e. The molecule has 0 aliphatic carbocycles. The topological polar surface area (TPSA) is 61.3 Å². The molecule has 0 saturated heterocycles. The van der Waals surface area contributed by atoms with Crippen LogP contribution in [0, 0.1) is 0 Å². The Labute approximate surface area is 151 Å². The van der Waals surface area contributed by atoms with E-state index in [1.807, 2.05) is 54.6 Å². The van der Waals surface area contributed by atoms with Gasteiger partial charge in [-0.2, -0.15) is 0 Å². The van der Waals surface area contributed by atoms with E-state index in [9.17, 15) is 4.79 Å². The highest BCUT2D eigenvalue weighted by Gasteiger charge is 2.27. The molecule has 5 nitrogen and oxygen atoms in total. The molecule has 0 unspecified atom stereocenters. The first-order chi connectivity index (χ1) is 12.8. The van der Waals surface area contributed by atoms with E-state index in [2.05, 4.69) is 9.97 Å². The molecule has 0 atom stereocenters. The van der Waals surface area contributed by atoms with Crippen molar-refractivity contribution in [3.8, 4) is 5.75 Å². The second-order valence-electron chi connectivity index (χ2n) is 5.80. The average molecular weight is 344 g/mol. The molecule has 0 N–H and O–H groups in total. The van der Waals surface area contributed by atoms with Crippen LogP contribution in [0.5, 0.6) is 5.75 Å². The van der Waals surface area contributed by atoms with Crippen LogP contribution in [-0.4, -0.2) is 22.5 Å². The van der Waals surface area contributed by atoms with Crippen LogP contribution in [0.2, 0.25) is 0 Å². The van der Waals surface area contributed by atoms with Gasteiger partial charge in [-0.25, -0.2) is 4.79 Å². The van der Waals surface area contributed by atoms with Crippen LogP contribution in [-0.2, 0) is 16.1 Å². The zero-order valence-corrected chi connectivity index (χ0v) is 14.0. The van der Waals surface area contributed by atoms with Crippen LogP contribution in [0.25, 0.3) is 11.1 Å². The highest BCUT2D eigenvalue weighted by atomic mass is 16.5. The molecule has 0 fully saturated rings. The number of aromatic nitrogens is 2. The summed E-state index contributed by atoms with van der Waals surface area (Å²) in [6.45, 7) is 0.670. The molecule has 0 radical (unpaired) electrons. The van der Waals surface area contributed by atoms with Crippen molar-refractivity contribution >= 4 is 17.1 Å². The van der Waals surface area contributed by atoms with Gasteiger partial charge in [0.2, 0.25) is 0 Å². The van der Waals surface area contributed by atoms with Crippen molar-refractivity contribution in [3.63, 3.8) is 0 Å². The number of benzene rings is 1. The van der Waals surface area contributed by atoms with Crippen LogP contribution >= 0.6 is 0 Å². The highest BCUT2D eigenvalue weighted by Crippen LogP contribution is 2.33. The molecule has 0 spiro atoms. The third kappa shape index (κ3) is 3.32. The van der Waals surface area contributed by atoms with Crippen LogP contribution in [0.4, 0.5) is 0 Å². The number of hydrogen-bond donors (Lipinski definition) is 0. The lowest BCUT2D eigenvalue weighted by atomic mass is 9.97. The first kappa shape index (κ1) is 16.0. The SMILES string of the molecule is O=C1OCC(c2ccncc2)=C1c1ccc(OCc2ccccn2)cc1. The van der Waals surface area contributed by atoms with Crippen molar-refractivity contribution in [2.24, 2.45) is 0 Å². The van der Waals surface area contributed by atoms with Crippen LogP contribution in [0.15, 0.2) is 73.2 Å². The molecule has 0 amide bonds. The van der Waals surface area contributed by atoms with Crippen molar-refractivity contribution in [2.45, 2.75) is 6.61 Å². The summed E-state index contributed by atoms with van der Waals surface area (Å²) in [5, 5.41) is 0. The summed E-state index contributed by atoms with van der Waals surface area (Å²) in [5.74, 6) is 0.413. The second kappa shape index (κ2) is 7.19. The van der Waals surface area contributed by atoms with Gasteiger partial charge in [0.1, 0.15) is 19.0 Å². The van der Waals surface area contributed by atoms with Crippen LogP contribution in [0.3, 0.4) is 0 Å². The fourth-order valence-electron chi connectivity index (χ4n) is 2.84. The Bertz CT molecular complexity index is 936. The number of esters is 1. The Kier molecular flexibility index (Phi) is 4.43. The molecule has 0 saturated carbocycles. The van der Waals surface area contributed by atoms with E-state index < -0.39 is 0 Å². The number of pyridine rings is 2. The lowest BCUT2D eigenvalue weighted by Crippen LogP contribution is -2.00. The van der Waals surface area contributed by atoms with Crippen molar-refractivity contribution in [3.05, 3.63) is 90.0 Å². The summed E-state index contributed by atoms with van der Waals surface area (Å²) in [6.07, 6.45) is 5.15. The maximum atomic E-state index is 12.2. The molecular weight excluding hydrogens is 328 g/mol. The first-order valence-corrected chi connectivity index (χ1v) is 8.25. The monoisotopic (exact) mass is 344 g/mol. The number of carbonyl (C=O) groups is 1. The Morgan fingerprint density at radius 1 is 0.923 bits per heavy atom. The number of ether oxygens (including phenoxy) is 2. The third-order valence-corrected chi connectivity index (χ3v) is 4.14. The van der Waals surface area contributed by atoms with E-state index in [0.717, 1.165) is 28.1 Å². The molecule has 0 bridgehead atoms. The van der Waals surface area contributed by atoms with Gasteiger partial charge in [0.25, 0.3) is 0 Å². The largest absolute Gasteiger partial charge is 0.487 e. The molecule has 1 aliphatic rings. The molecule has 2 aromatic heterocycles. The molecule has 1 aromatic carbocycles. The van der Waals surface area contributed by atoms with Gasteiger partial charge in [-0.15, -0.1) is 0 Å². The number of rotatable bonds is 5. The summed E-state index contributed by atoms with van der Waals surface area (Å²) in [6, 6.07) is 16.9. The van der Waals surface area contributed by atoms with Gasteiger partial charge in [-0.1, -0.05) is 18.2 Å². The van der Waals surface area contributed by atoms with Gasteiger partial charge >= 0.3 is 5.97 Å². The normalized spacial score (nSPS) is 13.6. The molecule has 4 rings (SSSR count). The summed E-state index contributed by atoms with van der Waals surface area (Å²) >= 11 is 0. The smallest absolute Gasteiger partial charge is 0.339 e.